The molecule has 1 aromatic rings. The number of rotatable bonds is 4. The zero-order valence-electron chi connectivity index (χ0n) is 10.2. The Kier molecular flexibility index (Phi) is 4.59. The van der Waals surface area contributed by atoms with E-state index in [4.69, 9.17) is 4.74 Å². The highest BCUT2D eigenvalue weighted by Crippen LogP contribution is 2.15. The summed E-state index contributed by atoms with van der Waals surface area (Å²) in [4.78, 5) is 27.4. The predicted octanol–water partition coefficient (Wildman–Crippen LogP) is 0.564. The standard InChI is InChI=1S/C11H13FN2O4/c1-14(10(15)9(12)11(16)18-3)7-5-4-6-8(13-7)17-2/h4-6,9H,1-3H3. The Balaban J connectivity index is 2.89. The van der Waals surface area contributed by atoms with Crippen LogP contribution in [-0.2, 0) is 14.3 Å². The van der Waals surface area contributed by atoms with Crippen molar-refractivity contribution in [3.05, 3.63) is 18.2 Å². The lowest BCUT2D eigenvalue weighted by molar-refractivity contribution is -0.150. The number of anilines is 1. The van der Waals surface area contributed by atoms with E-state index >= 15 is 0 Å². The SMILES string of the molecule is COC(=O)C(F)C(=O)N(C)c1cccc(OC)n1. The van der Waals surface area contributed by atoms with E-state index in [1.807, 2.05) is 0 Å². The van der Waals surface area contributed by atoms with E-state index in [2.05, 4.69) is 9.72 Å². The number of carbonyl (C=O) groups is 2. The average Bonchev–Trinajstić information content (AvgIpc) is 2.43. The van der Waals surface area contributed by atoms with Crippen molar-refractivity contribution in [2.24, 2.45) is 0 Å². The zero-order chi connectivity index (χ0) is 13.7. The Morgan fingerprint density at radius 2 is 2.06 bits per heavy atom. The van der Waals surface area contributed by atoms with Crippen LogP contribution in [0.5, 0.6) is 5.88 Å². The van der Waals surface area contributed by atoms with E-state index < -0.39 is 18.0 Å². The van der Waals surface area contributed by atoms with Crippen LogP contribution >= 0.6 is 0 Å². The number of hydrogen-bond donors (Lipinski definition) is 0. The molecule has 6 nitrogen and oxygen atoms in total. The van der Waals surface area contributed by atoms with Crippen LogP contribution in [0.2, 0.25) is 0 Å². The van der Waals surface area contributed by atoms with Crippen molar-refractivity contribution in [3.8, 4) is 5.88 Å². The molecule has 0 saturated heterocycles. The Bertz CT molecular complexity index is 452. The van der Waals surface area contributed by atoms with Crippen molar-refractivity contribution in [3.63, 3.8) is 0 Å². The highest BCUT2D eigenvalue weighted by Gasteiger charge is 2.31. The molecule has 1 unspecified atom stereocenters. The van der Waals surface area contributed by atoms with Gasteiger partial charge in [0.25, 0.3) is 12.1 Å². The minimum Gasteiger partial charge on any atom is -0.481 e. The van der Waals surface area contributed by atoms with Gasteiger partial charge in [0.05, 0.1) is 14.2 Å². The van der Waals surface area contributed by atoms with Crippen LogP contribution in [0.4, 0.5) is 10.2 Å². The first kappa shape index (κ1) is 13.9. The zero-order valence-corrected chi connectivity index (χ0v) is 10.2. The van der Waals surface area contributed by atoms with Crippen molar-refractivity contribution >= 4 is 17.7 Å². The average molecular weight is 256 g/mol. The lowest BCUT2D eigenvalue weighted by Crippen LogP contribution is -2.39. The molecule has 1 heterocycles. The first-order chi connectivity index (χ1) is 8.51. The summed E-state index contributed by atoms with van der Waals surface area (Å²) in [5.74, 6) is -1.84. The molecule has 1 atom stereocenters. The number of alkyl halides is 1. The van der Waals surface area contributed by atoms with E-state index in [0.717, 1.165) is 12.0 Å². The summed E-state index contributed by atoms with van der Waals surface area (Å²) in [7, 11) is 3.73. The Morgan fingerprint density at radius 1 is 1.39 bits per heavy atom. The normalized spacial score (nSPS) is 11.6. The molecule has 0 aliphatic carbocycles. The molecule has 98 valence electrons. The number of halogens is 1. The first-order valence-corrected chi connectivity index (χ1v) is 5.01. The van der Waals surface area contributed by atoms with Crippen LogP contribution in [0.1, 0.15) is 0 Å². The molecule has 0 aliphatic rings. The van der Waals surface area contributed by atoms with Gasteiger partial charge in [-0.2, -0.15) is 4.98 Å². The summed E-state index contributed by atoms with van der Waals surface area (Å²) in [6, 6.07) is 4.66. The van der Waals surface area contributed by atoms with Gasteiger partial charge in [-0.15, -0.1) is 0 Å². The van der Waals surface area contributed by atoms with E-state index in [9.17, 15) is 14.0 Å². The molecular formula is C11H13FN2O4. The van der Waals surface area contributed by atoms with Crippen LogP contribution in [0.15, 0.2) is 18.2 Å². The number of amides is 1. The van der Waals surface area contributed by atoms with Crippen LogP contribution < -0.4 is 9.64 Å². The summed E-state index contributed by atoms with van der Waals surface area (Å²) in [5.41, 5.74) is 0. The second-order valence-corrected chi connectivity index (χ2v) is 3.32. The summed E-state index contributed by atoms with van der Waals surface area (Å²) in [6.07, 6.45) is -2.37. The highest BCUT2D eigenvalue weighted by atomic mass is 19.1. The Hall–Kier alpha value is -2.18. The van der Waals surface area contributed by atoms with E-state index in [0.29, 0.717) is 0 Å². The number of ether oxygens (including phenoxy) is 2. The molecule has 1 rings (SSSR count). The number of esters is 1. The molecule has 0 saturated carbocycles. The lowest BCUT2D eigenvalue weighted by Gasteiger charge is -2.17. The van der Waals surface area contributed by atoms with Gasteiger partial charge in [-0.1, -0.05) is 6.07 Å². The maximum absolute atomic E-state index is 13.4. The minimum atomic E-state index is -2.37. The monoisotopic (exact) mass is 256 g/mol. The summed E-state index contributed by atoms with van der Waals surface area (Å²) >= 11 is 0. The Labute approximate surface area is 103 Å². The van der Waals surface area contributed by atoms with Gasteiger partial charge in [0.2, 0.25) is 5.88 Å². The van der Waals surface area contributed by atoms with E-state index in [1.165, 1.54) is 20.2 Å². The molecule has 1 aromatic heterocycles. The fourth-order valence-corrected chi connectivity index (χ4v) is 1.19. The molecule has 1 amide bonds. The molecule has 0 spiro atoms. The van der Waals surface area contributed by atoms with Gasteiger partial charge in [-0.3, -0.25) is 9.69 Å². The van der Waals surface area contributed by atoms with Gasteiger partial charge in [0.1, 0.15) is 5.82 Å². The van der Waals surface area contributed by atoms with Crippen molar-refractivity contribution < 1.29 is 23.5 Å². The van der Waals surface area contributed by atoms with Gasteiger partial charge >= 0.3 is 5.97 Å². The fraction of sp³-hybridized carbons (Fsp3) is 0.364. The smallest absolute Gasteiger partial charge is 0.350 e. The number of carbonyl (C=O) groups excluding carboxylic acids is 2. The van der Waals surface area contributed by atoms with Crippen LogP contribution in [-0.4, -0.2) is 44.3 Å². The van der Waals surface area contributed by atoms with Crippen LogP contribution in [0.25, 0.3) is 0 Å². The van der Waals surface area contributed by atoms with Crippen molar-refractivity contribution in [2.75, 3.05) is 26.2 Å². The van der Waals surface area contributed by atoms with Crippen LogP contribution in [0, 0.1) is 0 Å². The van der Waals surface area contributed by atoms with E-state index in [1.54, 1.807) is 12.1 Å². The summed E-state index contributed by atoms with van der Waals surface area (Å²) in [6.45, 7) is 0. The summed E-state index contributed by atoms with van der Waals surface area (Å²) < 4.78 is 22.4. The maximum atomic E-state index is 13.4. The molecule has 7 heteroatoms. The van der Waals surface area contributed by atoms with Gasteiger partial charge in [-0.25, -0.2) is 9.18 Å². The molecule has 18 heavy (non-hydrogen) atoms. The number of aromatic nitrogens is 1. The van der Waals surface area contributed by atoms with Gasteiger partial charge < -0.3 is 9.47 Å². The molecule has 0 radical (unpaired) electrons. The number of methoxy groups -OCH3 is 2. The second kappa shape index (κ2) is 5.95. The maximum Gasteiger partial charge on any atom is 0.350 e. The molecule has 0 N–H and O–H groups in total. The predicted molar refractivity (Wildman–Crippen MR) is 61.1 cm³/mol. The summed E-state index contributed by atoms with van der Waals surface area (Å²) in [5, 5.41) is 0. The number of pyridine rings is 1. The third kappa shape index (κ3) is 2.93. The molecule has 0 aliphatic heterocycles. The quantitative estimate of drug-likeness (QED) is 0.581. The second-order valence-electron chi connectivity index (χ2n) is 3.32. The molecule has 0 aromatic carbocycles. The Morgan fingerprint density at radius 3 is 2.61 bits per heavy atom. The minimum absolute atomic E-state index is 0.172. The molecule has 0 fully saturated rings. The topological polar surface area (TPSA) is 68.7 Å². The lowest BCUT2D eigenvalue weighted by atomic mass is 10.3. The third-order valence-corrected chi connectivity index (χ3v) is 2.22. The number of hydrogen-bond acceptors (Lipinski definition) is 5. The van der Waals surface area contributed by atoms with Crippen LogP contribution in [0.3, 0.4) is 0 Å². The van der Waals surface area contributed by atoms with E-state index in [-0.39, 0.29) is 11.7 Å². The first-order valence-electron chi connectivity index (χ1n) is 5.01. The van der Waals surface area contributed by atoms with Gasteiger partial charge in [-0.05, 0) is 6.07 Å². The number of nitrogens with zero attached hydrogens (tertiary/aromatic N) is 2. The fourth-order valence-electron chi connectivity index (χ4n) is 1.19. The molecular weight excluding hydrogens is 243 g/mol. The van der Waals surface area contributed by atoms with Crippen molar-refractivity contribution in [1.82, 2.24) is 4.98 Å². The van der Waals surface area contributed by atoms with Crippen molar-refractivity contribution in [1.29, 1.82) is 0 Å². The largest absolute Gasteiger partial charge is 0.481 e. The van der Waals surface area contributed by atoms with Crippen molar-refractivity contribution in [2.45, 2.75) is 6.17 Å². The molecule has 0 bridgehead atoms. The third-order valence-electron chi connectivity index (χ3n) is 2.22. The highest BCUT2D eigenvalue weighted by molar-refractivity contribution is 6.07. The van der Waals surface area contributed by atoms with Gasteiger partial charge in [0.15, 0.2) is 0 Å². The van der Waals surface area contributed by atoms with Gasteiger partial charge in [0, 0.05) is 13.1 Å².